The highest BCUT2D eigenvalue weighted by Gasteiger charge is 2.16. The van der Waals surface area contributed by atoms with Crippen molar-refractivity contribution in [3.63, 3.8) is 0 Å². The van der Waals surface area contributed by atoms with E-state index in [0.717, 1.165) is 17.0 Å². The molecule has 0 aliphatic carbocycles. The molecule has 122 valence electrons. The van der Waals surface area contributed by atoms with Crippen LogP contribution in [-0.2, 0) is 4.79 Å². The van der Waals surface area contributed by atoms with Crippen molar-refractivity contribution in [3.05, 3.63) is 59.2 Å². The summed E-state index contributed by atoms with van der Waals surface area (Å²) in [5.74, 6) is 0.864. The number of halogens is 1. The molecule has 5 heteroatoms. The van der Waals surface area contributed by atoms with Gasteiger partial charge in [-0.2, -0.15) is 0 Å². The second-order valence-corrected chi connectivity index (χ2v) is 7.20. The van der Waals surface area contributed by atoms with E-state index in [0.29, 0.717) is 16.7 Å². The van der Waals surface area contributed by atoms with Crippen molar-refractivity contribution in [1.82, 2.24) is 10.3 Å². The molecule has 23 heavy (non-hydrogen) atoms. The van der Waals surface area contributed by atoms with E-state index in [4.69, 9.17) is 11.6 Å². The van der Waals surface area contributed by atoms with Crippen molar-refractivity contribution in [3.8, 4) is 0 Å². The van der Waals surface area contributed by atoms with Crippen molar-refractivity contribution in [2.24, 2.45) is 5.92 Å². The van der Waals surface area contributed by atoms with Crippen molar-refractivity contribution >= 4 is 29.3 Å². The molecule has 0 bridgehead atoms. The Balaban J connectivity index is 1.93. The topological polar surface area (TPSA) is 42.0 Å². The Bertz CT molecular complexity index is 617. The Morgan fingerprint density at radius 3 is 2.57 bits per heavy atom. The quantitative estimate of drug-likeness (QED) is 0.735. The lowest BCUT2D eigenvalue weighted by Gasteiger charge is -2.21. The number of carbonyl (C=O) groups excluding carboxylic acids is 1. The van der Waals surface area contributed by atoms with Crippen molar-refractivity contribution in [1.29, 1.82) is 0 Å². The molecule has 1 unspecified atom stereocenters. The third kappa shape index (κ3) is 6.24. The summed E-state index contributed by atoms with van der Waals surface area (Å²) < 4.78 is 0. The minimum atomic E-state index is 0.0150. The number of aromatic nitrogens is 1. The highest BCUT2D eigenvalue weighted by molar-refractivity contribution is 7.99. The lowest BCUT2D eigenvalue weighted by molar-refractivity contribution is -0.119. The van der Waals surface area contributed by atoms with Gasteiger partial charge in [0.2, 0.25) is 5.91 Å². The van der Waals surface area contributed by atoms with E-state index >= 15 is 0 Å². The van der Waals surface area contributed by atoms with Crippen LogP contribution >= 0.6 is 23.4 Å². The van der Waals surface area contributed by atoms with E-state index < -0.39 is 0 Å². The Labute approximate surface area is 146 Å². The van der Waals surface area contributed by atoms with Gasteiger partial charge < -0.3 is 5.32 Å². The molecule has 0 saturated carbocycles. The van der Waals surface area contributed by atoms with Gasteiger partial charge in [-0.05, 0) is 30.0 Å². The monoisotopic (exact) mass is 348 g/mol. The molecular weight excluding hydrogens is 328 g/mol. The molecule has 0 saturated heterocycles. The van der Waals surface area contributed by atoms with Crippen molar-refractivity contribution < 1.29 is 4.79 Å². The highest BCUT2D eigenvalue weighted by atomic mass is 35.5. The van der Waals surface area contributed by atoms with Crippen LogP contribution in [0.3, 0.4) is 0 Å². The van der Waals surface area contributed by atoms with Crippen LogP contribution in [0.2, 0.25) is 5.02 Å². The van der Waals surface area contributed by atoms with Crippen LogP contribution in [0.4, 0.5) is 0 Å². The average molecular weight is 349 g/mol. The van der Waals surface area contributed by atoms with E-state index in [2.05, 4.69) is 36.3 Å². The first-order chi connectivity index (χ1) is 11.0. The van der Waals surface area contributed by atoms with Crippen LogP contribution in [-0.4, -0.2) is 16.6 Å². The van der Waals surface area contributed by atoms with E-state index in [9.17, 15) is 4.79 Å². The smallest absolute Gasteiger partial charge is 0.230 e. The number of rotatable bonds is 7. The number of hydrogen-bond acceptors (Lipinski definition) is 3. The zero-order valence-electron chi connectivity index (χ0n) is 13.3. The number of hydrogen-bond donors (Lipinski definition) is 1. The Hall–Kier alpha value is -1.52. The molecule has 1 N–H and O–H groups in total. The van der Waals surface area contributed by atoms with Crippen molar-refractivity contribution in [2.45, 2.75) is 31.3 Å². The zero-order valence-corrected chi connectivity index (χ0v) is 14.9. The molecule has 1 aromatic carbocycles. The molecule has 0 spiro atoms. The van der Waals surface area contributed by atoms with Crippen LogP contribution in [0.15, 0.2) is 53.7 Å². The molecule has 1 heterocycles. The minimum Gasteiger partial charge on any atom is -0.349 e. The predicted octanol–water partition coefficient (Wildman–Crippen LogP) is 4.73. The second kappa shape index (κ2) is 8.94. The summed E-state index contributed by atoms with van der Waals surface area (Å²) in [5.41, 5.74) is 1.14. The number of carbonyl (C=O) groups is 1. The molecule has 0 fully saturated rings. The van der Waals surface area contributed by atoms with Crippen LogP contribution in [0.1, 0.15) is 31.9 Å². The Kier molecular flexibility index (Phi) is 6.93. The number of amides is 1. The lowest BCUT2D eigenvalue weighted by atomic mass is 9.97. The predicted molar refractivity (Wildman–Crippen MR) is 96.8 cm³/mol. The van der Waals surface area contributed by atoms with E-state index in [-0.39, 0.29) is 11.9 Å². The molecule has 0 aliphatic heterocycles. The summed E-state index contributed by atoms with van der Waals surface area (Å²) in [4.78, 5) is 16.4. The van der Waals surface area contributed by atoms with Crippen LogP contribution in [0.5, 0.6) is 0 Å². The first kappa shape index (κ1) is 17.8. The fourth-order valence-corrected chi connectivity index (χ4v) is 3.02. The number of nitrogens with zero attached hydrogens (tertiary/aromatic N) is 1. The van der Waals surface area contributed by atoms with Gasteiger partial charge in [-0.1, -0.05) is 67.5 Å². The fourth-order valence-electron chi connectivity index (χ4n) is 2.26. The molecular formula is C18H21ClN2OS. The first-order valence-corrected chi connectivity index (χ1v) is 8.99. The highest BCUT2D eigenvalue weighted by Crippen LogP contribution is 2.22. The molecule has 1 amide bonds. The third-order valence-corrected chi connectivity index (χ3v) is 4.46. The van der Waals surface area contributed by atoms with Crippen LogP contribution in [0, 0.1) is 5.92 Å². The zero-order chi connectivity index (χ0) is 16.7. The van der Waals surface area contributed by atoms with Gasteiger partial charge in [-0.25, -0.2) is 4.98 Å². The van der Waals surface area contributed by atoms with Crippen LogP contribution in [0.25, 0.3) is 0 Å². The average Bonchev–Trinajstić information content (AvgIpc) is 2.54. The first-order valence-electron chi connectivity index (χ1n) is 7.63. The Morgan fingerprint density at radius 2 is 1.96 bits per heavy atom. The minimum absolute atomic E-state index is 0.0150. The molecule has 1 atom stereocenters. The summed E-state index contributed by atoms with van der Waals surface area (Å²) in [5, 5.41) is 4.53. The summed E-state index contributed by atoms with van der Waals surface area (Å²) >= 11 is 7.22. The molecule has 2 rings (SSSR count). The van der Waals surface area contributed by atoms with E-state index in [1.165, 1.54) is 11.8 Å². The number of benzene rings is 1. The molecule has 0 aliphatic rings. The lowest BCUT2D eigenvalue weighted by Crippen LogP contribution is -2.30. The number of pyridine rings is 1. The maximum absolute atomic E-state index is 12.3. The number of nitrogens with one attached hydrogen (secondary N) is 1. The van der Waals surface area contributed by atoms with Gasteiger partial charge in [0.1, 0.15) is 0 Å². The maximum atomic E-state index is 12.3. The largest absolute Gasteiger partial charge is 0.349 e. The van der Waals surface area contributed by atoms with Gasteiger partial charge in [0, 0.05) is 6.20 Å². The standard InChI is InChI=1S/C18H21ClN2OS/c1-13(2)10-16(14-6-4-3-5-7-14)21-17(22)12-23-18-9-8-15(19)11-20-18/h3-9,11,13,16H,10,12H2,1-2H3,(H,21,22). The van der Waals surface area contributed by atoms with E-state index in [1.54, 1.807) is 12.3 Å². The maximum Gasteiger partial charge on any atom is 0.230 e. The van der Waals surface area contributed by atoms with Gasteiger partial charge in [0.15, 0.2) is 0 Å². The summed E-state index contributed by atoms with van der Waals surface area (Å²) in [6, 6.07) is 13.7. The second-order valence-electron chi connectivity index (χ2n) is 5.76. The number of thioether (sulfide) groups is 1. The molecule has 3 nitrogen and oxygen atoms in total. The third-order valence-electron chi connectivity index (χ3n) is 3.30. The summed E-state index contributed by atoms with van der Waals surface area (Å²) in [6.45, 7) is 4.32. The summed E-state index contributed by atoms with van der Waals surface area (Å²) in [7, 11) is 0. The fraction of sp³-hybridized carbons (Fsp3) is 0.333. The van der Waals surface area contributed by atoms with Crippen LogP contribution < -0.4 is 5.32 Å². The van der Waals surface area contributed by atoms with Crippen molar-refractivity contribution in [2.75, 3.05) is 5.75 Å². The molecule has 2 aromatic rings. The van der Waals surface area contributed by atoms with Gasteiger partial charge in [0.05, 0.1) is 21.8 Å². The SMILES string of the molecule is CC(C)CC(NC(=O)CSc1ccc(Cl)cn1)c1ccccc1. The van der Waals surface area contributed by atoms with Gasteiger partial charge in [0.25, 0.3) is 0 Å². The molecule has 0 radical (unpaired) electrons. The normalized spacial score (nSPS) is 12.2. The Morgan fingerprint density at radius 1 is 1.22 bits per heavy atom. The van der Waals surface area contributed by atoms with Gasteiger partial charge in [-0.3, -0.25) is 4.79 Å². The van der Waals surface area contributed by atoms with E-state index in [1.807, 2.05) is 24.3 Å². The van der Waals surface area contributed by atoms with Gasteiger partial charge >= 0.3 is 0 Å². The molecule has 1 aromatic heterocycles. The van der Waals surface area contributed by atoms with Gasteiger partial charge in [-0.15, -0.1) is 0 Å². The summed E-state index contributed by atoms with van der Waals surface area (Å²) in [6.07, 6.45) is 2.51.